The molecule has 1 N–H and O–H groups in total. The van der Waals surface area contributed by atoms with Gasteiger partial charge in [-0.15, -0.1) is 0 Å². The van der Waals surface area contributed by atoms with Crippen LogP contribution in [0.25, 0.3) is 0 Å². The smallest absolute Gasteiger partial charge is 0.337 e. The van der Waals surface area contributed by atoms with Crippen LogP contribution in [-0.4, -0.2) is 22.6 Å². The number of carbonyl (C=O) groups is 1. The number of aromatic carboxylic acids is 1. The Hall–Kier alpha value is -3.14. The first-order valence-corrected chi connectivity index (χ1v) is 8.72. The van der Waals surface area contributed by atoms with Crippen molar-refractivity contribution in [3.05, 3.63) is 95.2 Å². The van der Waals surface area contributed by atoms with Gasteiger partial charge in [-0.1, -0.05) is 54.6 Å². The van der Waals surface area contributed by atoms with Gasteiger partial charge in [0.1, 0.15) is 5.82 Å². The zero-order chi connectivity index (χ0) is 18.4. The quantitative estimate of drug-likeness (QED) is 0.689. The first-order chi connectivity index (χ1) is 12.7. The van der Waals surface area contributed by atoms with Gasteiger partial charge in [0.2, 0.25) is 0 Å². The predicted octanol–water partition coefficient (Wildman–Crippen LogP) is 4.40. The van der Waals surface area contributed by atoms with Crippen molar-refractivity contribution >= 4 is 11.8 Å². The summed E-state index contributed by atoms with van der Waals surface area (Å²) in [5, 5.41) is 9.03. The number of hydrogen-bond donors (Lipinski definition) is 1. The van der Waals surface area contributed by atoms with Gasteiger partial charge in [0.05, 0.1) is 5.56 Å². The number of pyridine rings is 1. The molecule has 2 aromatic carbocycles. The summed E-state index contributed by atoms with van der Waals surface area (Å²) in [6, 6.07) is 22.2. The molecule has 0 fully saturated rings. The highest BCUT2D eigenvalue weighted by molar-refractivity contribution is 5.87. The lowest BCUT2D eigenvalue weighted by Gasteiger charge is -2.23. The molecule has 0 atom stereocenters. The Bertz CT molecular complexity index is 861. The van der Waals surface area contributed by atoms with Gasteiger partial charge < -0.3 is 10.0 Å². The molecule has 0 aliphatic heterocycles. The molecule has 26 heavy (non-hydrogen) atoms. The molecule has 0 aliphatic carbocycles. The number of benzene rings is 2. The van der Waals surface area contributed by atoms with Crippen LogP contribution in [0.2, 0.25) is 0 Å². The number of anilines is 1. The Morgan fingerprint density at radius 1 is 0.962 bits per heavy atom. The Labute approximate surface area is 153 Å². The molecule has 0 radical (unpaired) electrons. The second-order valence-corrected chi connectivity index (χ2v) is 6.16. The van der Waals surface area contributed by atoms with Gasteiger partial charge >= 0.3 is 5.97 Å². The van der Waals surface area contributed by atoms with E-state index in [0.29, 0.717) is 0 Å². The van der Waals surface area contributed by atoms with Crippen molar-refractivity contribution in [2.45, 2.75) is 19.9 Å². The molecule has 1 heterocycles. The van der Waals surface area contributed by atoms with Gasteiger partial charge in [-0.3, -0.25) is 0 Å². The standard InChI is InChI=1S/C22H22N2O2/c1-2-24(21-13-12-19(15-23-21)22(25)26)16-20-11-7-6-10-18(20)14-17-8-4-3-5-9-17/h3-13,15H,2,14,16H2,1H3,(H,25,26). The van der Waals surface area contributed by atoms with Crippen molar-refractivity contribution in [1.82, 2.24) is 4.98 Å². The van der Waals surface area contributed by atoms with Crippen LogP contribution in [0.3, 0.4) is 0 Å². The van der Waals surface area contributed by atoms with E-state index in [9.17, 15) is 4.79 Å². The molecule has 0 bridgehead atoms. The summed E-state index contributed by atoms with van der Waals surface area (Å²) >= 11 is 0. The van der Waals surface area contributed by atoms with Crippen molar-refractivity contribution in [3.63, 3.8) is 0 Å². The van der Waals surface area contributed by atoms with Gasteiger partial charge in [-0.2, -0.15) is 0 Å². The van der Waals surface area contributed by atoms with Crippen LogP contribution in [0.4, 0.5) is 5.82 Å². The average Bonchev–Trinajstić information content (AvgIpc) is 2.68. The molecule has 3 aromatic rings. The normalized spacial score (nSPS) is 10.5. The van der Waals surface area contributed by atoms with Gasteiger partial charge in [0.25, 0.3) is 0 Å². The van der Waals surface area contributed by atoms with Crippen LogP contribution in [0.5, 0.6) is 0 Å². The molecular weight excluding hydrogens is 324 g/mol. The summed E-state index contributed by atoms with van der Waals surface area (Å²) < 4.78 is 0. The van der Waals surface area contributed by atoms with E-state index in [2.05, 4.69) is 65.3 Å². The number of nitrogens with zero attached hydrogens (tertiary/aromatic N) is 2. The summed E-state index contributed by atoms with van der Waals surface area (Å²) in [4.78, 5) is 17.5. The number of rotatable bonds is 7. The zero-order valence-corrected chi connectivity index (χ0v) is 14.8. The Kier molecular flexibility index (Phi) is 5.64. The van der Waals surface area contributed by atoms with E-state index >= 15 is 0 Å². The highest BCUT2D eigenvalue weighted by Gasteiger charge is 2.11. The van der Waals surface area contributed by atoms with Crippen molar-refractivity contribution < 1.29 is 9.90 Å². The third kappa shape index (κ3) is 4.28. The molecule has 132 valence electrons. The van der Waals surface area contributed by atoms with E-state index in [1.807, 2.05) is 6.07 Å². The minimum atomic E-state index is -0.958. The molecule has 0 aliphatic rings. The van der Waals surface area contributed by atoms with Gasteiger partial charge in [-0.05, 0) is 42.2 Å². The first kappa shape index (κ1) is 17.7. The lowest BCUT2D eigenvalue weighted by molar-refractivity contribution is 0.0696. The van der Waals surface area contributed by atoms with E-state index < -0.39 is 5.97 Å². The molecule has 3 rings (SSSR count). The van der Waals surface area contributed by atoms with Crippen LogP contribution in [-0.2, 0) is 13.0 Å². The second-order valence-electron chi connectivity index (χ2n) is 6.16. The van der Waals surface area contributed by atoms with Crippen LogP contribution in [0.1, 0.15) is 34.0 Å². The lowest BCUT2D eigenvalue weighted by Crippen LogP contribution is -2.24. The molecule has 0 spiro atoms. The third-order valence-electron chi connectivity index (χ3n) is 4.42. The van der Waals surface area contributed by atoms with E-state index in [1.165, 1.54) is 22.9 Å². The number of carboxylic acids is 1. The molecule has 0 saturated heterocycles. The third-order valence-corrected chi connectivity index (χ3v) is 4.42. The fourth-order valence-corrected chi connectivity index (χ4v) is 2.96. The van der Waals surface area contributed by atoms with Crippen molar-refractivity contribution in [2.24, 2.45) is 0 Å². The van der Waals surface area contributed by atoms with Crippen molar-refractivity contribution in [2.75, 3.05) is 11.4 Å². The largest absolute Gasteiger partial charge is 0.478 e. The Morgan fingerprint density at radius 2 is 1.65 bits per heavy atom. The van der Waals surface area contributed by atoms with Gasteiger partial charge in [-0.25, -0.2) is 9.78 Å². The van der Waals surface area contributed by atoms with Gasteiger partial charge in [0, 0.05) is 19.3 Å². The SMILES string of the molecule is CCN(Cc1ccccc1Cc1ccccc1)c1ccc(C(=O)O)cn1. The molecular formula is C22H22N2O2. The maximum absolute atomic E-state index is 11.0. The predicted molar refractivity (Wildman–Crippen MR) is 104 cm³/mol. The topological polar surface area (TPSA) is 53.4 Å². The van der Waals surface area contributed by atoms with Crippen LogP contribution in [0.15, 0.2) is 72.9 Å². The van der Waals surface area contributed by atoms with Gasteiger partial charge in [0.15, 0.2) is 0 Å². The van der Waals surface area contributed by atoms with Crippen LogP contribution in [0, 0.1) is 0 Å². The minimum absolute atomic E-state index is 0.203. The minimum Gasteiger partial charge on any atom is -0.478 e. The molecule has 0 unspecified atom stereocenters. The highest BCUT2D eigenvalue weighted by atomic mass is 16.4. The van der Waals surface area contributed by atoms with Crippen LogP contribution < -0.4 is 4.90 Å². The maximum Gasteiger partial charge on any atom is 0.337 e. The molecule has 4 heteroatoms. The second kappa shape index (κ2) is 8.30. The summed E-state index contributed by atoms with van der Waals surface area (Å²) in [5.41, 5.74) is 4.03. The molecule has 0 saturated carbocycles. The number of hydrogen-bond acceptors (Lipinski definition) is 3. The fraction of sp³-hybridized carbons (Fsp3) is 0.182. The summed E-state index contributed by atoms with van der Waals surface area (Å²) in [6.45, 7) is 3.60. The Morgan fingerprint density at radius 3 is 2.27 bits per heavy atom. The van der Waals surface area contributed by atoms with E-state index in [1.54, 1.807) is 12.1 Å². The summed E-state index contributed by atoms with van der Waals surface area (Å²) in [6.07, 6.45) is 2.30. The lowest BCUT2D eigenvalue weighted by atomic mass is 9.99. The monoisotopic (exact) mass is 346 g/mol. The average molecular weight is 346 g/mol. The highest BCUT2D eigenvalue weighted by Crippen LogP contribution is 2.20. The van der Waals surface area contributed by atoms with Crippen molar-refractivity contribution in [1.29, 1.82) is 0 Å². The van der Waals surface area contributed by atoms with Crippen molar-refractivity contribution in [3.8, 4) is 0 Å². The van der Waals surface area contributed by atoms with E-state index in [0.717, 1.165) is 25.3 Å². The molecule has 1 aromatic heterocycles. The number of aromatic nitrogens is 1. The van der Waals surface area contributed by atoms with E-state index in [-0.39, 0.29) is 5.56 Å². The number of carboxylic acid groups (broad SMARTS) is 1. The fourth-order valence-electron chi connectivity index (χ4n) is 2.96. The molecule has 0 amide bonds. The summed E-state index contributed by atoms with van der Waals surface area (Å²) in [7, 11) is 0. The maximum atomic E-state index is 11.0. The zero-order valence-electron chi connectivity index (χ0n) is 14.8. The summed E-state index contributed by atoms with van der Waals surface area (Å²) in [5.74, 6) is -0.174. The first-order valence-electron chi connectivity index (χ1n) is 8.72. The van der Waals surface area contributed by atoms with Crippen LogP contribution >= 0.6 is 0 Å². The molecule has 4 nitrogen and oxygen atoms in total. The Balaban J connectivity index is 1.81. The van der Waals surface area contributed by atoms with E-state index in [4.69, 9.17) is 5.11 Å².